The molecule has 0 saturated carbocycles. The minimum absolute atomic E-state index is 0.0295. The number of rotatable bonds is 10. The zero-order valence-corrected chi connectivity index (χ0v) is 17.2. The Morgan fingerprint density at radius 2 is 2.07 bits per heavy atom. The van der Waals surface area contributed by atoms with Gasteiger partial charge in [-0.15, -0.1) is 0 Å². The van der Waals surface area contributed by atoms with Crippen LogP contribution in [0.2, 0.25) is 0 Å². The summed E-state index contributed by atoms with van der Waals surface area (Å²) in [6.45, 7) is 1.97. The van der Waals surface area contributed by atoms with Crippen LogP contribution < -0.4 is 10.8 Å². The highest BCUT2D eigenvalue weighted by Crippen LogP contribution is 2.19. The van der Waals surface area contributed by atoms with Crippen molar-refractivity contribution in [2.75, 3.05) is 26.2 Å². The molecule has 29 heavy (non-hydrogen) atoms. The van der Waals surface area contributed by atoms with Crippen LogP contribution in [-0.4, -0.2) is 71.4 Å². The Balaban J connectivity index is 2.02. The largest absolute Gasteiger partial charge is 0.508 e. The minimum Gasteiger partial charge on any atom is -0.508 e. The van der Waals surface area contributed by atoms with Gasteiger partial charge >= 0.3 is 0 Å². The van der Waals surface area contributed by atoms with Crippen molar-refractivity contribution in [2.45, 2.75) is 38.6 Å². The predicted molar refractivity (Wildman–Crippen MR) is 105 cm³/mol. The van der Waals surface area contributed by atoms with E-state index in [0.717, 1.165) is 17.1 Å². The van der Waals surface area contributed by atoms with Crippen LogP contribution in [0.25, 0.3) is 0 Å². The quantitative estimate of drug-likeness (QED) is 0.242. The fraction of sp³-hybridized carbons (Fsp3) is 0.556. The van der Waals surface area contributed by atoms with E-state index in [1.54, 1.807) is 12.1 Å². The first kappa shape index (κ1) is 23.1. The van der Waals surface area contributed by atoms with Crippen LogP contribution in [0.15, 0.2) is 24.3 Å². The van der Waals surface area contributed by atoms with E-state index >= 15 is 0 Å². The van der Waals surface area contributed by atoms with Crippen LogP contribution in [0.1, 0.15) is 43.0 Å². The SMILES string of the molecule is CCCCCN(CC(=O)NO)S(=O)(=O)N1CCC(NC(=O)c2cccc(O)c2)C1. The van der Waals surface area contributed by atoms with E-state index < -0.39 is 28.6 Å². The van der Waals surface area contributed by atoms with Crippen LogP contribution in [0.5, 0.6) is 5.75 Å². The van der Waals surface area contributed by atoms with Gasteiger partial charge in [-0.25, -0.2) is 5.48 Å². The first-order valence-corrected chi connectivity index (χ1v) is 11.0. The summed E-state index contributed by atoms with van der Waals surface area (Å²) in [7, 11) is -3.92. The third-order valence-electron chi connectivity index (χ3n) is 4.70. The maximum atomic E-state index is 13.0. The molecule has 1 aromatic rings. The summed E-state index contributed by atoms with van der Waals surface area (Å²) in [5.41, 5.74) is 1.75. The van der Waals surface area contributed by atoms with Gasteiger partial charge in [0.25, 0.3) is 22.0 Å². The highest BCUT2D eigenvalue weighted by Gasteiger charge is 2.36. The number of carbonyl (C=O) groups excluding carboxylic acids is 2. The molecule has 1 aliphatic rings. The summed E-state index contributed by atoms with van der Waals surface area (Å²) < 4.78 is 28.2. The van der Waals surface area contributed by atoms with Crippen molar-refractivity contribution in [1.29, 1.82) is 0 Å². The Kier molecular flexibility index (Phi) is 8.38. The van der Waals surface area contributed by atoms with Gasteiger partial charge in [0.05, 0.1) is 6.54 Å². The highest BCUT2D eigenvalue weighted by molar-refractivity contribution is 7.86. The van der Waals surface area contributed by atoms with Crippen LogP contribution in [-0.2, 0) is 15.0 Å². The highest BCUT2D eigenvalue weighted by atomic mass is 32.2. The molecule has 2 amide bonds. The molecule has 0 bridgehead atoms. The lowest BCUT2D eigenvalue weighted by molar-refractivity contribution is -0.129. The molecular formula is C18H28N4O6S. The van der Waals surface area contributed by atoms with Crippen molar-refractivity contribution in [2.24, 2.45) is 0 Å². The molecular weight excluding hydrogens is 400 g/mol. The second kappa shape index (κ2) is 10.5. The summed E-state index contributed by atoms with van der Waals surface area (Å²) in [6, 6.07) is 5.51. The number of amides is 2. The lowest BCUT2D eigenvalue weighted by Gasteiger charge is -2.26. The molecule has 1 aromatic carbocycles. The summed E-state index contributed by atoms with van der Waals surface area (Å²) >= 11 is 0. The van der Waals surface area contributed by atoms with Crippen molar-refractivity contribution in [3.63, 3.8) is 0 Å². The predicted octanol–water partition coefficient (Wildman–Crippen LogP) is 0.439. The average molecular weight is 429 g/mol. The second-order valence-corrected chi connectivity index (χ2v) is 8.88. The van der Waals surface area contributed by atoms with Crippen LogP contribution in [0.4, 0.5) is 0 Å². The van der Waals surface area contributed by atoms with Gasteiger partial charge in [0.15, 0.2) is 0 Å². The van der Waals surface area contributed by atoms with E-state index in [1.165, 1.54) is 21.9 Å². The average Bonchev–Trinajstić information content (AvgIpc) is 3.16. The molecule has 162 valence electrons. The molecule has 1 fully saturated rings. The van der Waals surface area contributed by atoms with Crippen LogP contribution in [0, 0.1) is 0 Å². The Labute approximate surface area is 170 Å². The van der Waals surface area contributed by atoms with Gasteiger partial charge in [0, 0.05) is 31.2 Å². The topological polar surface area (TPSA) is 139 Å². The van der Waals surface area contributed by atoms with Gasteiger partial charge in [-0.05, 0) is 31.0 Å². The van der Waals surface area contributed by atoms with Gasteiger partial charge in [-0.3, -0.25) is 14.8 Å². The molecule has 0 aliphatic carbocycles. The van der Waals surface area contributed by atoms with Crippen molar-refractivity contribution >= 4 is 22.0 Å². The first-order valence-electron chi connectivity index (χ1n) is 9.56. The van der Waals surface area contributed by atoms with E-state index in [2.05, 4.69) is 5.32 Å². The van der Waals surface area contributed by atoms with Gasteiger partial charge in [0.1, 0.15) is 5.75 Å². The number of benzene rings is 1. The molecule has 2 rings (SSSR count). The van der Waals surface area contributed by atoms with Gasteiger partial charge in [0.2, 0.25) is 0 Å². The number of hydroxylamine groups is 1. The summed E-state index contributed by atoms with van der Waals surface area (Å²) in [5, 5.41) is 21.0. The van der Waals surface area contributed by atoms with E-state index in [9.17, 15) is 23.1 Å². The standard InChI is InChI=1S/C18H28N4O6S/c1-2-3-4-9-21(13-17(24)20-26)29(27,28)22-10-8-15(12-22)19-18(25)14-6-5-7-16(23)11-14/h5-7,11,15,23,26H,2-4,8-10,12-13H2,1H3,(H,19,25)(H,20,24). The number of unbranched alkanes of at least 4 members (excludes halogenated alkanes) is 2. The number of hydrogen-bond acceptors (Lipinski definition) is 6. The fourth-order valence-corrected chi connectivity index (χ4v) is 4.82. The smallest absolute Gasteiger partial charge is 0.282 e. The molecule has 0 aromatic heterocycles. The van der Waals surface area contributed by atoms with Gasteiger partial charge in [-0.2, -0.15) is 17.0 Å². The number of phenolic OH excluding ortho intramolecular Hbond substituents is 1. The molecule has 11 heteroatoms. The van der Waals surface area contributed by atoms with E-state index in [4.69, 9.17) is 5.21 Å². The number of phenols is 1. The third-order valence-corrected chi connectivity index (χ3v) is 6.65. The Bertz CT molecular complexity index is 816. The lowest BCUT2D eigenvalue weighted by Crippen LogP contribution is -2.48. The molecule has 0 radical (unpaired) electrons. The van der Waals surface area contributed by atoms with Gasteiger partial charge in [-0.1, -0.05) is 25.8 Å². The Morgan fingerprint density at radius 3 is 2.72 bits per heavy atom. The van der Waals surface area contributed by atoms with E-state index in [-0.39, 0.29) is 37.0 Å². The molecule has 1 saturated heterocycles. The number of carbonyl (C=O) groups is 2. The fourth-order valence-electron chi connectivity index (χ4n) is 3.14. The summed E-state index contributed by atoms with van der Waals surface area (Å²) in [6.07, 6.45) is 2.74. The van der Waals surface area contributed by atoms with E-state index in [1.807, 2.05) is 6.92 Å². The zero-order chi connectivity index (χ0) is 21.4. The van der Waals surface area contributed by atoms with Crippen molar-refractivity contribution < 1.29 is 28.3 Å². The second-order valence-electron chi connectivity index (χ2n) is 6.95. The number of aromatic hydroxyl groups is 1. The van der Waals surface area contributed by atoms with Crippen molar-refractivity contribution in [1.82, 2.24) is 19.4 Å². The minimum atomic E-state index is -3.92. The van der Waals surface area contributed by atoms with E-state index in [0.29, 0.717) is 12.8 Å². The maximum Gasteiger partial charge on any atom is 0.282 e. The molecule has 1 aliphatic heterocycles. The molecule has 1 atom stereocenters. The molecule has 1 unspecified atom stereocenters. The van der Waals surface area contributed by atoms with Crippen molar-refractivity contribution in [3.05, 3.63) is 29.8 Å². The molecule has 1 heterocycles. The number of nitrogens with zero attached hydrogens (tertiary/aromatic N) is 2. The summed E-state index contributed by atoms with van der Waals surface area (Å²) in [5.74, 6) is -1.24. The first-order chi connectivity index (χ1) is 13.8. The van der Waals surface area contributed by atoms with Gasteiger partial charge < -0.3 is 10.4 Å². The van der Waals surface area contributed by atoms with Crippen molar-refractivity contribution in [3.8, 4) is 5.75 Å². The lowest BCUT2D eigenvalue weighted by atomic mass is 10.2. The summed E-state index contributed by atoms with van der Waals surface area (Å²) in [4.78, 5) is 23.9. The normalized spacial score (nSPS) is 17.4. The van der Waals surface area contributed by atoms with Crippen LogP contribution >= 0.6 is 0 Å². The Hall–Kier alpha value is -2.21. The molecule has 0 spiro atoms. The number of hydrogen-bond donors (Lipinski definition) is 4. The molecule has 4 N–H and O–H groups in total. The third kappa shape index (κ3) is 6.39. The van der Waals surface area contributed by atoms with Crippen LogP contribution in [0.3, 0.4) is 0 Å². The number of nitrogens with one attached hydrogen (secondary N) is 2. The monoisotopic (exact) mass is 428 g/mol. The zero-order valence-electron chi connectivity index (χ0n) is 16.4. The molecule has 10 nitrogen and oxygen atoms in total. The Morgan fingerprint density at radius 1 is 1.31 bits per heavy atom. The maximum absolute atomic E-state index is 13.0.